The lowest BCUT2D eigenvalue weighted by atomic mass is 10.2. The molecule has 1 atom stereocenters. The van der Waals surface area contributed by atoms with Gasteiger partial charge < -0.3 is 10.6 Å². The summed E-state index contributed by atoms with van der Waals surface area (Å²) in [5.41, 5.74) is 5.39. The molecule has 0 aliphatic carbocycles. The number of sulfonamides is 1. The molecule has 0 aromatic heterocycles. The lowest BCUT2D eigenvalue weighted by molar-refractivity contribution is 0.0788. The van der Waals surface area contributed by atoms with Gasteiger partial charge in [-0.15, -0.1) is 12.4 Å². The molecule has 1 saturated heterocycles. The van der Waals surface area contributed by atoms with Crippen LogP contribution < -0.4 is 10.5 Å². The number of benzene rings is 1. The van der Waals surface area contributed by atoms with Crippen molar-refractivity contribution < 1.29 is 17.6 Å². The van der Waals surface area contributed by atoms with Crippen molar-refractivity contribution >= 4 is 28.3 Å². The van der Waals surface area contributed by atoms with Crippen LogP contribution in [0.15, 0.2) is 23.1 Å². The summed E-state index contributed by atoms with van der Waals surface area (Å²) in [7, 11) is -3.83. The van der Waals surface area contributed by atoms with Gasteiger partial charge in [0.25, 0.3) is 5.91 Å². The highest BCUT2D eigenvalue weighted by atomic mass is 35.5. The number of halogens is 2. The summed E-state index contributed by atoms with van der Waals surface area (Å²) in [6.07, 6.45) is 1.81. The van der Waals surface area contributed by atoms with Gasteiger partial charge in [-0.05, 0) is 38.0 Å². The summed E-state index contributed by atoms with van der Waals surface area (Å²) >= 11 is 0. The normalized spacial score (nSPS) is 16.0. The van der Waals surface area contributed by atoms with E-state index < -0.39 is 21.7 Å². The predicted octanol–water partition coefficient (Wildman–Crippen LogP) is 1.11. The van der Waals surface area contributed by atoms with E-state index in [-0.39, 0.29) is 35.5 Å². The molecular formula is C14H21ClFN3O3S. The third kappa shape index (κ3) is 4.87. The van der Waals surface area contributed by atoms with Gasteiger partial charge in [-0.25, -0.2) is 17.5 Å². The summed E-state index contributed by atoms with van der Waals surface area (Å²) < 4.78 is 40.4. The van der Waals surface area contributed by atoms with E-state index in [0.717, 1.165) is 18.9 Å². The van der Waals surface area contributed by atoms with Crippen LogP contribution >= 0.6 is 12.4 Å². The van der Waals surface area contributed by atoms with E-state index in [2.05, 4.69) is 4.72 Å². The fourth-order valence-electron chi connectivity index (χ4n) is 2.25. The first-order valence-electron chi connectivity index (χ1n) is 7.15. The van der Waals surface area contributed by atoms with Crippen LogP contribution in [0.5, 0.6) is 0 Å². The standard InChI is InChI=1S/C14H20FN3O3S.ClH/c1-10(16)9-17-22(20,21)11-4-5-12(13(15)8-11)14(19)18-6-2-3-7-18;/h4-5,8,10,17H,2-3,6-7,9,16H2,1H3;1H. The first kappa shape index (κ1) is 19.8. The molecule has 0 spiro atoms. The molecule has 130 valence electrons. The molecular weight excluding hydrogens is 345 g/mol. The van der Waals surface area contributed by atoms with Crippen LogP contribution in [0, 0.1) is 5.82 Å². The fourth-order valence-corrected chi connectivity index (χ4v) is 3.41. The Kier molecular flexibility index (Phi) is 6.94. The second-order valence-electron chi connectivity index (χ2n) is 5.47. The number of nitrogens with one attached hydrogen (secondary N) is 1. The van der Waals surface area contributed by atoms with E-state index in [1.165, 1.54) is 12.1 Å². The van der Waals surface area contributed by atoms with E-state index in [1.807, 2.05) is 0 Å². The maximum absolute atomic E-state index is 14.1. The van der Waals surface area contributed by atoms with Crippen LogP contribution in [0.2, 0.25) is 0 Å². The number of hydrogen-bond donors (Lipinski definition) is 2. The third-order valence-corrected chi connectivity index (χ3v) is 4.89. The number of carbonyl (C=O) groups excluding carboxylic acids is 1. The van der Waals surface area contributed by atoms with Gasteiger partial charge in [0, 0.05) is 25.7 Å². The second-order valence-corrected chi connectivity index (χ2v) is 7.24. The Morgan fingerprint density at radius 1 is 1.39 bits per heavy atom. The van der Waals surface area contributed by atoms with Crippen LogP contribution in [-0.2, 0) is 10.0 Å². The molecule has 6 nitrogen and oxygen atoms in total. The quantitative estimate of drug-likeness (QED) is 0.817. The van der Waals surface area contributed by atoms with Gasteiger partial charge >= 0.3 is 0 Å². The topological polar surface area (TPSA) is 92.5 Å². The lowest BCUT2D eigenvalue weighted by Crippen LogP contribution is -2.35. The van der Waals surface area contributed by atoms with E-state index in [9.17, 15) is 17.6 Å². The lowest BCUT2D eigenvalue weighted by Gasteiger charge is -2.16. The molecule has 1 aromatic rings. The van der Waals surface area contributed by atoms with E-state index in [4.69, 9.17) is 5.73 Å². The van der Waals surface area contributed by atoms with Crippen molar-refractivity contribution in [2.75, 3.05) is 19.6 Å². The molecule has 9 heteroatoms. The van der Waals surface area contributed by atoms with Crippen LogP contribution in [0.4, 0.5) is 4.39 Å². The second kappa shape index (κ2) is 8.05. The Morgan fingerprint density at radius 2 is 2.00 bits per heavy atom. The van der Waals surface area contributed by atoms with Gasteiger partial charge in [-0.3, -0.25) is 4.79 Å². The maximum atomic E-state index is 14.1. The molecule has 1 amide bonds. The number of amides is 1. The SMILES string of the molecule is CC(N)CNS(=O)(=O)c1ccc(C(=O)N2CCCC2)c(F)c1.Cl. The van der Waals surface area contributed by atoms with Crippen molar-refractivity contribution in [2.45, 2.75) is 30.7 Å². The third-order valence-electron chi connectivity index (χ3n) is 3.47. The first-order valence-corrected chi connectivity index (χ1v) is 8.63. The Hall–Kier alpha value is -1.22. The minimum atomic E-state index is -3.83. The highest BCUT2D eigenvalue weighted by molar-refractivity contribution is 7.89. The number of carbonyl (C=O) groups is 1. The Bertz CT molecular complexity index is 661. The van der Waals surface area contributed by atoms with Crippen molar-refractivity contribution in [2.24, 2.45) is 5.73 Å². The number of nitrogens with two attached hydrogens (primary N) is 1. The molecule has 0 saturated carbocycles. The molecule has 23 heavy (non-hydrogen) atoms. The van der Waals surface area contributed by atoms with Crippen molar-refractivity contribution in [1.29, 1.82) is 0 Å². The highest BCUT2D eigenvalue weighted by Crippen LogP contribution is 2.19. The molecule has 0 bridgehead atoms. The van der Waals surface area contributed by atoms with Crippen LogP contribution in [-0.4, -0.2) is 44.9 Å². The van der Waals surface area contributed by atoms with E-state index >= 15 is 0 Å². The average molecular weight is 366 g/mol. The Labute approximate surface area is 141 Å². The zero-order chi connectivity index (χ0) is 16.3. The zero-order valence-electron chi connectivity index (χ0n) is 12.8. The van der Waals surface area contributed by atoms with Gasteiger partial charge in [-0.2, -0.15) is 0 Å². The molecule has 1 heterocycles. The molecule has 1 aliphatic rings. The maximum Gasteiger partial charge on any atom is 0.256 e. The molecule has 1 aliphatic heterocycles. The number of hydrogen-bond acceptors (Lipinski definition) is 4. The van der Waals surface area contributed by atoms with Crippen LogP contribution in [0.3, 0.4) is 0 Å². The van der Waals surface area contributed by atoms with Crippen molar-refractivity contribution in [3.05, 3.63) is 29.6 Å². The fraction of sp³-hybridized carbons (Fsp3) is 0.500. The summed E-state index contributed by atoms with van der Waals surface area (Å²) in [4.78, 5) is 13.5. The molecule has 3 N–H and O–H groups in total. The summed E-state index contributed by atoms with van der Waals surface area (Å²) in [6.45, 7) is 2.92. The summed E-state index contributed by atoms with van der Waals surface area (Å²) in [5.74, 6) is -1.23. The van der Waals surface area contributed by atoms with Gasteiger partial charge in [0.05, 0.1) is 10.5 Å². The predicted molar refractivity (Wildman–Crippen MR) is 87.6 cm³/mol. The van der Waals surface area contributed by atoms with Crippen molar-refractivity contribution in [1.82, 2.24) is 9.62 Å². The molecule has 1 fully saturated rings. The van der Waals surface area contributed by atoms with Crippen molar-refractivity contribution in [3.63, 3.8) is 0 Å². The van der Waals surface area contributed by atoms with Crippen LogP contribution in [0.25, 0.3) is 0 Å². The summed E-state index contributed by atoms with van der Waals surface area (Å²) in [6, 6.07) is 2.97. The van der Waals surface area contributed by atoms with Gasteiger partial charge in [-0.1, -0.05) is 0 Å². The highest BCUT2D eigenvalue weighted by Gasteiger charge is 2.24. The molecule has 2 rings (SSSR count). The smallest absolute Gasteiger partial charge is 0.256 e. The average Bonchev–Trinajstić information content (AvgIpc) is 2.98. The number of nitrogens with zero attached hydrogens (tertiary/aromatic N) is 1. The largest absolute Gasteiger partial charge is 0.339 e. The van der Waals surface area contributed by atoms with E-state index in [0.29, 0.717) is 13.1 Å². The molecule has 1 unspecified atom stereocenters. The Morgan fingerprint density at radius 3 is 2.52 bits per heavy atom. The van der Waals surface area contributed by atoms with Crippen molar-refractivity contribution in [3.8, 4) is 0 Å². The Balaban J connectivity index is 0.00000264. The zero-order valence-corrected chi connectivity index (χ0v) is 14.4. The van der Waals surface area contributed by atoms with E-state index in [1.54, 1.807) is 11.8 Å². The minimum Gasteiger partial charge on any atom is -0.339 e. The minimum absolute atomic E-state index is 0. The van der Waals surface area contributed by atoms with Gasteiger partial charge in [0.1, 0.15) is 5.82 Å². The number of rotatable bonds is 5. The number of likely N-dealkylation sites (tertiary alicyclic amines) is 1. The molecule has 0 radical (unpaired) electrons. The molecule has 1 aromatic carbocycles. The summed E-state index contributed by atoms with van der Waals surface area (Å²) in [5, 5.41) is 0. The first-order chi connectivity index (χ1) is 10.3. The van der Waals surface area contributed by atoms with Gasteiger partial charge in [0.15, 0.2) is 0 Å². The van der Waals surface area contributed by atoms with Gasteiger partial charge in [0.2, 0.25) is 10.0 Å². The van der Waals surface area contributed by atoms with Crippen LogP contribution in [0.1, 0.15) is 30.1 Å². The monoisotopic (exact) mass is 365 g/mol.